The molecule has 0 aliphatic heterocycles. The van der Waals surface area contributed by atoms with Crippen LogP contribution in [0.3, 0.4) is 0 Å². The number of aryl methyl sites for hydroxylation is 1. The van der Waals surface area contributed by atoms with Gasteiger partial charge in [-0.15, -0.1) is 0 Å². The highest BCUT2D eigenvalue weighted by Gasteiger charge is 2.34. The molecule has 3 aromatic rings. The highest BCUT2D eigenvalue weighted by molar-refractivity contribution is 7.92. The van der Waals surface area contributed by atoms with Crippen LogP contribution in [-0.4, -0.2) is 50.0 Å². The number of hydrogen-bond acceptors (Lipinski definition) is 4. The molecule has 0 heterocycles. The Kier molecular flexibility index (Phi) is 10.5. The normalized spacial score (nSPS) is 14.7. The van der Waals surface area contributed by atoms with Crippen molar-refractivity contribution in [2.24, 2.45) is 0 Å². The zero-order chi connectivity index (χ0) is 29.4. The summed E-state index contributed by atoms with van der Waals surface area (Å²) in [5.41, 5.74) is 2.91. The third-order valence-electron chi connectivity index (χ3n) is 7.43. The molecule has 1 saturated carbocycles. The van der Waals surface area contributed by atoms with Crippen LogP contribution in [-0.2, 0) is 32.6 Å². The molecule has 4 rings (SSSR count). The monoisotopic (exact) mass is 595 g/mol. The van der Waals surface area contributed by atoms with E-state index in [-0.39, 0.29) is 24.9 Å². The van der Waals surface area contributed by atoms with Crippen molar-refractivity contribution in [3.63, 3.8) is 0 Å². The molecule has 0 radical (unpaired) electrons. The van der Waals surface area contributed by atoms with Gasteiger partial charge in [0, 0.05) is 24.0 Å². The Labute approximate surface area is 248 Å². The van der Waals surface area contributed by atoms with Gasteiger partial charge < -0.3 is 10.2 Å². The Morgan fingerprint density at radius 2 is 1.61 bits per heavy atom. The summed E-state index contributed by atoms with van der Waals surface area (Å²) < 4.78 is 26.9. The van der Waals surface area contributed by atoms with Crippen molar-refractivity contribution in [1.29, 1.82) is 0 Å². The number of carbonyl (C=O) groups excluding carboxylic acids is 2. The van der Waals surface area contributed by atoms with Gasteiger partial charge in [-0.25, -0.2) is 8.42 Å². The van der Waals surface area contributed by atoms with E-state index in [0.29, 0.717) is 10.7 Å². The quantitative estimate of drug-likeness (QED) is 0.317. The first-order valence-corrected chi connectivity index (χ1v) is 16.3. The maximum absolute atomic E-state index is 14.2. The van der Waals surface area contributed by atoms with Crippen LogP contribution in [0.2, 0.25) is 5.02 Å². The first kappa shape index (κ1) is 30.6. The summed E-state index contributed by atoms with van der Waals surface area (Å²) in [4.78, 5) is 29.6. The fourth-order valence-corrected chi connectivity index (χ4v) is 6.38. The van der Waals surface area contributed by atoms with E-state index < -0.39 is 28.5 Å². The second-order valence-corrected chi connectivity index (χ2v) is 13.2. The predicted molar refractivity (Wildman–Crippen MR) is 164 cm³/mol. The Morgan fingerprint density at radius 3 is 2.27 bits per heavy atom. The van der Waals surface area contributed by atoms with Crippen molar-refractivity contribution in [3.8, 4) is 0 Å². The molecule has 0 saturated heterocycles. The van der Waals surface area contributed by atoms with E-state index >= 15 is 0 Å². The number of carbonyl (C=O) groups is 2. The lowest BCUT2D eigenvalue weighted by atomic mass is 9.94. The van der Waals surface area contributed by atoms with Crippen LogP contribution in [0.4, 0.5) is 5.69 Å². The van der Waals surface area contributed by atoms with Gasteiger partial charge >= 0.3 is 0 Å². The van der Waals surface area contributed by atoms with E-state index in [0.717, 1.165) is 59.4 Å². The molecule has 0 bridgehead atoms. The lowest BCUT2D eigenvalue weighted by Gasteiger charge is -2.35. The molecule has 41 heavy (non-hydrogen) atoms. The largest absolute Gasteiger partial charge is 0.352 e. The third-order valence-corrected chi connectivity index (χ3v) is 8.81. The van der Waals surface area contributed by atoms with Crippen molar-refractivity contribution in [2.45, 2.75) is 64.1 Å². The number of benzene rings is 3. The first-order chi connectivity index (χ1) is 19.6. The van der Waals surface area contributed by atoms with Crippen molar-refractivity contribution in [2.75, 3.05) is 17.1 Å². The maximum atomic E-state index is 14.2. The molecule has 0 unspecified atom stereocenters. The summed E-state index contributed by atoms with van der Waals surface area (Å²) in [5, 5.41) is 3.72. The Bertz CT molecular complexity index is 1440. The molecule has 1 aliphatic carbocycles. The van der Waals surface area contributed by atoms with Gasteiger partial charge in [-0.3, -0.25) is 13.9 Å². The zero-order valence-corrected chi connectivity index (χ0v) is 25.2. The number of rotatable bonds is 11. The molecule has 0 aromatic heterocycles. The Hall–Kier alpha value is -3.36. The number of hydrogen-bond donors (Lipinski definition) is 1. The summed E-state index contributed by atoms with van der Waals surface area (Å²) in [6.07, 6.45) is 6.44. The van der Waals surface area contributed by atoms with Crippen LogP contribution < -0.4 is 9.62 Å². The highest BCUT2D eigenvalue weighted by atomic mass is 35.5. The number of sulfonamides is 1. The van der Waals surface area contributed by atoms with Gasteiger partial charge in [-0.05, 0) is 60.7 Å². The van der Waals surface area contributed by atoms with Crippen LogP contribution in [0, 0.1) is 6.92 Å². The summed E-state index contributed by atoms with van der Waals surface area (Å²) in [6, 6.07) is 22.9. The van der Waals surface area contributed by atoms with Crippen molar-refractivity contribution in [3.05, 3.63) is 101 Å². The molecule has 1 aliphatic rings. The number of amides is 2. The van der Waals surface area contributed by atoms with E-state index in [2.05, 4.69) is 5.32 Å². The molecular formula is C32H38ClN3O4S. The van der Waals surface area contributed by atoms with Gasteiger partial charge in [0.2, 0.25) is 21.8 Å². The SMILES string of the molecule is Cc1cccc(N(CC(=O)N(Cc2cccc(Cl)c2)[C@H](Cc2ccccc2)C(=O)NC2CCCCC2)S(C)(=O)=O)c1. The van der Waals surface area contributed by atoms with Crippen molar-refractivity contribution >= 4 is 39.1 Å². The summed E-state index contributed by atoms with van der Waals surface area (Å²) >= 11 is 6.28. The first-order valence-electron chi connectivity index (χ1n) is 14.0. The topological polar surface area (TPSA) is 86.8 Å². The number of anilines is 1. The van der Waals surface area contributed by atoms with Crippen LogP contribution in [0.5, 0.6) is 0 Å². The number of halogens is 1. The van der Waals surface area contributed by atoms with Gasteiger partial charge in [0.1, 0.15) is 12.6 Å². The zero-order valence-electron chi connectivity index (χ0n) is 23.6. The van der Waals surface area contributed by atoms with Gasteiger partial charge in [-0.1, -0.05) is 85.5 Å². The van der Waals surface area contributed by atoms with Gasteiger partial charge in [0.25, 0.3) is 0 Å². The minimum atomic E-state index is -3.81. The van der Waals surface area contributed by atoms with Gasteiger partial charge in [-0.2, -0.15) is 0 Å². The summed E-state index contributed by atoms with van der Waals surface area (Å²) in [7, 11) is -3.81. The molecule has 1 N–H and O–H groups in total. The lowest BCUT2D eigenvalue weighted by molar-refractivity contribution is -0.140. The van der Waals surface area contributed by atoms with E-state index in [1.54, 1.807) is 36.4 Å². The van der Waals surface area contributed by atoms with E-state index in [1.165, 1.54) is 4.90 Å². The molecule has 218 valence electrons. The molecule has 0 spiro atoms. The summed E-state index contributed by atoms with van der Waals surface area (Å²) in [5.74, 6) is -0.714. The van der Waals surface area contributed by atoms with E-state index in [9.17, 15) is 18.0 Å². The number of nitrogens with one attached hydrogen (secondary N) is 1. The average Bonchev–Trinajstić information content (AvgIpc) is 2.94. The molecule has 2 amide bonds. The van der Waals surface area contributed by atoms with Gasteiger partial charge in [0.15, 0.2) is 0 Å². The predicted octanol–water partition coefficient (Wildman–Crippen LogP) is 5.50. The Morgan fingerprint density at radius 1 is 0.927 bits per heavy atom. The molecule has 9 heteroatoms. The van der Waals surface area contributed by atoms with Crippen LogP contribution in [0.25, 0.3) is 0 Å². The van der Waals surface area contributed by atoms with Crippen LogP contribution >= 0.6 is 11.6 Å². The molecular weight excluding hydrogens is 558 g/mol. The second kappa shape index (κ2) is 14.0. The van der Waals surface area contributed by atoms with Crippen molar-refractivity contribution < 1.29 is 18.0 Å². The minimum absolute atomic E-state index is 0.0532. The molecule has 1 atom stereocenters. The van der Waals surface area contributed by atoms with Gasteiger partial charge in [0.05, 0.1) is 11.9 Å². The standard InChI is InChI=1S/C32H38ClN3O4S/c1-24-11-9-18-29(19-24)36(41(2,39)40)23-31(37)35(22-26-14-10-15-27(33)20-26)30(21-25-12-5-3-6-13-25)32(38)34-28-16-7-4-8-17-28/h3,5-6,9-15,18-20,28,30H,4,7-8,16-17,21-23H2,1-2H3,(H,34,38)/t30-/m1/s1. The molecule has 3 aromatic carbocycles. The summed E-state index contributed by atoms with van der Waals surface area (Å²) in [6.45, 7) is 1.52. The fraction of sp³-hybridized carbons (Fsp3) is 0.375. The smallest absolute Gasteiger partial charge is 0.244 e. The highest BCUT2D eigenvalue weighted by Crippen LogP contribution is 2.23. The van der Waals surface area contributed by atoms with E-state index in [4.69, 9.17) is 11.6 Å². The molecule has 1 fully saturated rings. The Balaban J connectivity index is 1.72. The van der Waals surface area contributed by atoms with Crippen molar-refractivity contribution in [1.82, 2.24) is 10.2 Å². The third kappa shape index (κ3) is 8.81. The molecule has 7 nitrogen and oxygen atoms in total. The minimum Gasteiger partial charge on any atom is -0.352 e. The average molecular weight is 596 g/mol. The maximum Gasteiger partial charge on any atom is 0.244 e. The van der Waals surface area contributed by atoms with E-state index in [1.807, 2.05) is 49.4 Å². The second-order valence-electron chi connectivity index (χ2n) is 10.8. The fourth-order valence-electron chi connectivity index (χ4n) is 5.33. The van der Waals surface area contributed by atoms with Crippen LogP contribution in [0.1, 0.15) is 48.8 Å². The lowest BCUT2D eigenvalue weighted by Crippen LogP contribution is -2.55. The van der Waals surface area contributed by atoms with Crippen LogP contribution in [0.15, 0.2) is 78.9 Å². The number of nitrogens with zero attached hydrogens (tertiary/aromatic N) is 2.